The van der Waals surface area contributed by atoms with Crippen molar-refractivity contribution >= 4 is 23.4 Å². The molecule has 2 aliphatic heterocycles. The lowest BCUT2D eigenvalue weighted by atomic mass is 9.99. The first-order valence-corrected chi connectivity index (χ1v) is 10.0. The Morgan fingerprint density at radius 1 is 1.27 bits per heavy atom. The lowest BCUT2D eigenvalue weighted by molar-refractivity contribution is -0.116. The minimum atomic E-state index is -0.542. The normalized spacial score (nSPS) is 18.5. The summed E-state index contributed by atoms with van der Waals surface area (Å²) in [6.07, 6.45) is 2.89. The smallest absolute Gasteiger partial charge is 0.414 e. The number of hydrogen-bond donors (Lipinski definition) is 1. The van der Waals surface area contributed by atoms with Crippen molar-refractivity contribution < 1.29 is 18.7 Å². The molecule has 0 aromatic heterocycles. The van der Waals surface area contributed by atoms with Crippen LogP contribution in [-0.2, 0) is 22.5 Å². The fourth-order valence-electron chi connectivity index (χ4n) is 3.88. The van der Waals surface area contributed by atoms with E-state index < -0.39 is 12.2 Å². The highest BCUT2D eigenvalue weighted by Gasteiger charge is 2.33. The molecule has 2 aromatic carbocycles. The van der Waals surface area contributed by atoms with E-state index in [4.69, 9.17) is 4.74 Å². The lowest BCUT2D eigenvalue weighted by Crippen LogP contribution is -2.33. The fraction of sp³-hybridized carbons (Fsp3) is 0.304. The number of anilines is 2. The Kier molecular flexibility index (Phi) is 5.70. The number of ether oxygens (including phenoxy) is 1. The second-order valence-corrected chi connectivity index (χ2v) is 7.44. The number of nitrogens with zero attached hydrogens (tertiary/aromatic N) is 2. The van der Waals surface area contributed by atoms with Crippen molar-refractivity contribution in [3.05, 3.63) is 71.6 Å². The predicted molar refractivity (Wildman–Crippen MR) is 113 cm³/mol. The van der Waals surface area contributed by atoms with E-state index in [0.717, 1.165) is 13.0 Å². The third-order valence-electron chi connectivity index (χ3n) is 5.41. The number of halogens is 1. The van der Waals surface area contributed by atoms with Gasteiger partial charge in [-0.2, -0.15) is 0 Å². The zero-order chi connectivity index (χ0) is 21.1. The number of cyclic esters (lactones) is 1. The molecule has 0 radical (unpaired) electrons. The average molecular weight is 409 g/mol. The van der Waals surface area contributed by atoms with Crippen molar-refractivity contribution in [3.63, 3.8) is 0 Å². The lowest BCUT2D eigenvalue weighted by Gasteiger charge is -2.31. The molecule has 30 heavy (non-hydrogen) atoms. The summed E-state index contributed by atoms with van der Waals surface area (Å²) in [4.78, 5) is 27.2. The Morgan fingerprint density at radius 2 is 2.07 bits per heavy atom. The summed E-state index contributed by atoms with van der Waals surface area (Å²) in [5.74, 6) is -0.616. The van der Waals surface area contributed by atoms with Crippen molar-refractivity contribution in [1.82, 2.24) is 5.32 Å². The number of hydrogen-bond acceptors (Lipinski definition) is 4. The van der Waals surface area contributed by atoms with E-state index in [1.807, 2.05) is 17.0 Å². The maximum Gasteiger partial charge on any atom is 0.414 e. The van der Waals surface area contributed by atoms with Crippen molar-refractivity contribution in [2.75, 3.05) is 29.4 Å². The Balaban J connectivity index is 1.43. The molecule has 0 unspecified atom stereocenters. The van der Waals surface area contributed by atoms with Crippen molar-refractivity contribution in [2.45, 2.75) is 26.0 Å². The van der Waals surface area contributed by atoms with E-state index in [2.05, 4.69) is 17.4 Å². The quantitative estimate of drug-likeness (QED) is 0.769. The summed E-state index contributed by atoms with van der Waals surface area (Å²) < 4.78 is 20.2. The van der Waals surface area contributed by atoms with Gasteiger partial charge >= 0.3 is 6.09 Å². The van der Waals surface area contributed by atoms with Crippen LogP contribution in [0, 0.1) is 5.82 Å². The van der Waals surface area contributed by atoms with Gasteiger partial charge in [-0.25, -0.2) is 9.18 Å². The first-order chi connectivity index (χ1) is 14.5. The van der Waals surface area contributed by atoms with Gasteiger partial charge in [0.2, 0.25) is 5.91 Å². The van der Waals surface area contributed by atoms with Gasteiger partial charge in [-0.1, -0.05) is 30.3 Å². The zero-order valence-corrected chi connectivity index (χ0v) is 16.8. The predicted octanol–water partition coefficient (Wildman–Crippen LogP) is 3.41. The first-order valence-electron chi connectivity index (χ1n) is 10.0. The summed E-state index contributed by atoms with van der Waals surface area (Å²) in [6.45, 7) is 3.61. The zero-order valence-electron chi connectivity index (χ0n) is 16.8. The Bertz CT molecular complexity index is 991. The SMILES string of the molecule is CC=CC(=O)NC[C@@H]1CN(c2ccc(N3CCc4ccccc4C3)c(F)c2)C(=O)O1. The molecule has 7 heteroatoms. The summed E-state index contributed by atoms with van der Waals surface area (Å²) in [6, 6.07) is 13.0. The van der Waals surface area contributed by atoms with Crippen LogP contribution in [0.3, 0.4) is 0 Å². The van der Waals surface area contributed by atoms with Gasteiger partial charge in [-0.15, -0.1) is 0 Å². The number of nitrogens with one attached hydrogen (secondary N) is 1. The van der Waals surface area contributed by atoms with Gasteiger partial charge in [0.05, 0.1) is 24.5 Å². The number of allylic oxidation sites excluding steroid dienone is 1. The Labute approximate surface area is 174 Å². The van der Waals surface area contributed by atoms with E-state index in [1.165, 1.54) is 28.2 Å². The number of carbonyl (C=O) groups is 2. The summed E-state index contributed by atoms with van der Waals surface area (Å²) in [7, 11) is 0. The van der Waals surface area contributed by atoms with E-state index >= 15 is 0 Å². The molecule has 1 saturated heterocycles. The molecule has 0 spiro atoms. The minimum absolute atomic E-state index is 0.208. The second kappa shape index (κ2) is 8.57. The maximum absolute atomic E-state index is 14.9. The van der Waals surface area contributed by atoms with E-state index in [1.54, 1.807) is 25.1 Å². The molecule has 2 aliphatic rings. The molecule has 1 fully saturated rings. The number of benzene rings is 2. The van der Waals surface area contributed by atoms with Crippen LogP contribution in [0.4, 0.5) is 20.6 Å². The van der Waals surface area contributed by atoms with Gasteiger partial charge in [-0.05, 0) is 48.7 Å². The van der Waals surface area contributed by atoms with Crippen LogP contribution in [0.1, 0.15) is 18.1 Å². The first kappa shape index (κ1) is 19.9. The molecular formula is C23H24FN3O3. The Hall–Kier alpha value is -3.35. The summed E-state index contributed by atoms with van der Waals surface area (Å²) >= 11 is 0. The van der Waals surface area contributed by atoms with Crippen LogP contribution in [0.5, 0.6) is 0 Å². The molecule has 1 atom stereocenters. The number of carbonyl (C=O) groups excluding carboxylic acids is 2. The fourth-order valence-corrected chi connectivity index (χ4v) is 3.88. The molecule has 2 heterocycles. The largest absolute Gasteiger partial charge is 0.442 e. The third-order valence-corrected chi connectivity index (χ3v) is 5.41. The molecule has 4 rings (SSSR count). The molecule has 0 aliphatic carbocycles. The molecular weight excluding hydrogens is 385 g/mol. The molecule has 0 bridgehead atoms. The summed E-state index contributed by atoms with van der Waals surface area (Å²) in [5, 5.41) is 2.68. The van der Waals surface area contributed by atoms with Crippen LogP contribution in [0.15, 0.2) is 54.6 Å². The number of fused-ring (bicyclic) bond motifs is 1. The van der Waals surface area contributed by atoms with Crippen LogP contribution in [0.2, 0.25) is 0 Å². The highest BCUT2D eigenvalue weighted by atomic mass is 19.1. The average Bonchev–Trinajstić information content (AvgIpc) is 3.12. The maximum atomic E-state index is 14.9. The highest BCUT2D eigenvalue weighted by Crippen LogP contribution is 2.30. The number of amides is 2. The van der Waals surface area contributed by atoms with Crippen LogP contribution < -0.4 is 15.1 Å². The van der Waals surface area contributed by atoms with Gasteiger partial charge in [0.15, 0.2) is 0 Å². The second-order valence-electron chi connectivity index (χ2n) is 7.44. The van der Waals surface area contributed by atoms with Crippen LogP contribution in [-0.4, -0.2) is 37.7 Å². The van der Waals surface area contributed by atoms with E-state index in [-0.39, 0.29) is 24.8 Å². The van der Waals surface area contributed by atoms with Crippen LogP contribution >= 0.6 is 0 Å². The number of rotatable bonds is 5. The topological polar surface area (TPSA) is 61.9 Å². The molecule has 1 N–H and O–H groups in total. The van der Waals surface area contributed by atoms with Crippen molar-refractivity contribution in [1.29, 1.82) is 0 Å². The van der Waals surface area contributed by atoms with Gasteiger partial charge in [0.1, 0.15) is 11.9 Å². The molecule has 0 saturated carbocycles. The molecule has 2 amide bonds. The molecule has 2 aromatic rings. The van der Waals surface area contributed by atoms with Gasteiger partial charge in [0.25, 0.3) is 0 Å². The third kappa shape index (κ3) is 4.15. The van der Waals surface area contributed by atoms with E-state index in [0.29, 0.717) is 17.9 Å². The molecule has 6 nitrogen and oxygen atoms in total. The molecule has 156 valence electrons. The van der Waals surface area contributed by atoms with Crippen LogP contribution in [0.25, 0.3) is 0 Å². The Morgan fingerprint density at radius 3 is 2.83 bits per heavy atom. The van der Waals surface area contributed by atoms with E-state index in [9.17, 15) is 14.0 Å². The summed E-state index contributed by atoms with van der Waals surface area (Å²) in [5.41, 5.74) is 3.48. The van der Waals surface area contributed by atoms with Crippen molar-refractivity contribution in [3.8, 4) is 0 Å². The highest BCUT2D eigenvalue weighted by molar-refractivity contribution is 5.90. The van der Waals surface area contributed by atoms with Gasteiger partial charge in [-0.3, -0.25) is 9.69 Å². The monoisotopic (exact) mass is 409 g/mol. The minimum Gasteiger partial charge on any atom is -0.442 e. The van der Waals surface area contributed by atoms with Crippen molar-refractivity contribution in [2.24, 2.45) is 0 Å². The van der Waals surface area contributed by atoms with Gasteiger partial charge in [0, 0.05) is 13.1 Å². The standard InChI is InChI=1S/C23H24FN3O3/c1-2-5-22(28)25-13-19-15-27(23(29)30-19)18-8-9-21(20(24)12-18)26-11-10-16-6-3-4-7-17(16)14-26/h2-9,12,19H,10-11,13-15H2,1H3,(H,25,28)/t19-/m1/s1. The van der Waals surface area contributed by atoms with Gasteiger partial charge < -0.3 is 15.0 Å².